The zero-order valence-electron chi connectivity index (χ0n) is 10.6. The van der Waals surface area contributed by atoms with Crippen LogP contribution in [0.3, 0.4) is 0 Å². The lowest BCUT2D eigenvalue weighted by Gasteiger charge is -2.38. The van der Waals surface area contributed by atoms with E-state index in [1.54, 1.807) is 0 Å². The molecule has 0 heterocycles. The van der Waals surface area contributed by atoms with Crippen LogP contribution in [0, 0.1) is 23.2 Å². The summed E-state index contributed by atoms with van der Waals surface area (Å²) >= 11 is 0. The molecule has 1 N–H and O–H groups in total. The topological polar surface area (TPSA) is 35.8 Å². The standard InChI is InChI=1S/C15H20N2/c1-11(2)14-7-15(8-14)17-10-13-5-3-4-12(6-13)9-16/h3-6,11,14-15,17H,7-8,10H2,1-2H3. The van der Waals surface area contributed by atoms with Gasteiger partial charge in [0.25, 0.3) is 0 Å². The summed E-state index contributed by atoms with van der Waals surface area (Å²) in [7, 11) is 0. The Morgan fingerprint density at radius 2 is 2.18 bits per heavy atom. The fourth-order valence-corrected chi connectivity index (χ4v) is 2.39. The molecule has 1 fully saturated rings. The summed E-state index contributed by atoms with van der Waals surface area (Å²) < 4.78 is 0. The number of nitrogens with one attached hydrogen (secondary N) is 1. The van der Waals surface area contributed by atoms with Crippen LogP contribution in [-0.2, 0) is 6.54 Å². The minimum Gasteiger partial charge on any atom is -0.310 e. The largest absolute Gasteiger partial charge is 0.310 e. The molecule has 2 rings (SSSR count). The monoisotopic (exact) mass is 228 g/mol. The number of rotatable bonds is 4. The van der Waals surface area contributed by atoms with Crippen LogP contribution in [0.25, 0.3) is 0 Å². The molecule has 0 spiro atoms. The molecule has 1 saturated carbocycles. The number of hydrogen-bond donors (Lipinski definition) is 1. The van der Waals surface area contributed by atoms with Gasteiger partial charge in [0.2, 0.25) is 0 Å². The van der Waals surface area contributed by atoms with Gasteiger partial charge in [-0.15, -0.1) is 0 Å². The Bertz CT molecular complexity index is 411. The molecule has 0 unspecified atom stereocenters. The van der Waals surface area contributed by atoms with Gasteiger partial charge < -0.3 is 5.32 Å². The predicted molar refractivity (Wildman–Crippen MR) is 69.3 cm³/mol. The van der Waals surface area contributed by atoms with Gasteiger partial charge in [0, 0.05) is 12.6 Å². The summed E-state index contributed by atoms with van der Waals surface area (Å²) in [6.07, 6.45) is 2.60. The van der Waals surface area contributed by atoms with E-state index in [0.717, 1.165) is 23.9 Å². The lowest BCUT2D eigenvalue weighted by molar-refractivity contribution is 0.167. The first-order valence-corrected chi connectivity index (χ1v) is 6.41. The van der Waals surface area contributed by atoms with E-state index >= 15 is 0 Å². The Labute approximate surface area is 104 Å². The van der Waals surface area contributed by atoms with Gasteiger partial charge in [-0.25, -0.2) is 0 Å². The first kappa shape index (κ1) is 12.1. The summed E-state index contributed by atoms with van der Waals surface area (Å²) in [6.45, 7) is 5.49. The van der Waals surface area contributed by atoms with Crippen molar-refractivity contribution in [3.8, 4) is 6.07 Å². The molecule has 1 aliphatic rings. The maximum Gasteiger partial charge on any atom is 0.0991 e. The highest BCUT2D eigenvalue weighted by Gasteiger charge is 2.30. The lowest BCUT2D eigenvalue weighted by atomic mass is 9.73. The second-order valence-electron chi connectivity index (χ2n) is 5.37. The minimum atomic E-state index is 0.674. The Balaban J connectivity index is 1.78. The highest BCUT2D eigenvalue weighted by atomic mass is 14.9. The van der Waals surface area contributed by atoms with E-state index in [0.29, 0.717) is 6.04 Å². The van der Waals surface area contributed by atoms with Crippen LogP contribution in [0.1, 0.15) is 37.8 Å². The van der Waals surface area contributed by atoms with E-state index in [9.17, 15) is 0 Å². The molecule has 0 bridgehead atoms. The average molecular weight is 228 g/mol. The molecule has 0 atom stereocenters. The Kier molecular flexibility index (Phi) is 3.81. The number of benzene rings is 1. The van der Waals surface area contributed by atoms with Crippen molar-refractivity contribution >= 4 is 0 Å². The Hall–Kier alpha value is -1.33. The molecule has 0 aromatic heterocycles. The van der Waals surface area contributed by atoms with Gasteiger partial charge >= 0.3 is 0 Å². The molecular weight excluding hydrogens is 208 g/mol. The third-order valence-electron chi connectivity index (χ3n) is 3.77. The van der Waals surface area contributed by atoms with E-state index in [-0.39, 0.29) is 0 Å². The molecule has 1 aromatic carbocycles. The van der Waals surface area contributed by atoms with E-state index in [2.05, 4.69) is 31.3 Å². The maximum absolute atomic E-state index is 8.82. The number of hydrogen-bond acceptors (Lipinski definition) is 2. The van der Waals surface area contributed by atoms with Gasteiger partial charge in [-0.3, -0.25) is 0 Å². The molecule has 2 heteroatoms. The summed E-state index contributed by atoms with van der Waals surface area (Å²) in [4.78, 5) is 0. The Morgan fingerprint density at radius 3 is 2.82 bits per heavy atom. The van der Waals surface area contributed by atoms with Crippen molar-refractivity contribution in [2.75, 3.05) is 0 Å². The van der Waals surface area contributed by atoms with Gasteiger partial charge in [-0.1, -0.05) is 26.0 Å². The van der Waals surface area contributed by atoms with Gasteiger partial charge in [-0.2, -0.15) is 5.26 Å². The van der Waals surface area contributed by atoms with Crippen LogP contribution < -0.4 is 5.32 Å². The molecule has 0 saturated heterocycles. The fraction of sp³-hybridized carbons (Fsp3) is 0.533. The maximum atomic E-state index is 8.82. The second kappa shape index (κ2) is 5.33. The van der Waals surface area contributed by atoms with Crippen molar-refractivity contribution in [1.82, 2.24) is 5.32 Å². The van der Waals surface area contributed by atoms with Crippen molar-refractivity contribution < 1.29 is 0 Å². The summed E-state index contributed by atoms with van der Waals surface area (Å²) in [5.74, 6) is 1.72. The zero-order valence-corrected chi connectivity index (χ0v) is 10.6. The lowest BCUT2D eigenvalue weighted by Crippen LogP contribution is -2.42. The number of nitriles is 1. The highest BCUT2D eigenvalue weighted by molar-refractivity contribution is 5.32. The molecule has 17 heavy (non-hydrogen) atoms. The highest BCUT2D eigenvalue weighted by Crippen LogP contribution is 2.33. The minimum absolute atomic E-state index is 0.674. The molecule has 90 valence electrons. The van der Waals surface area contributed by atoms with Gasteiger partial charge in [0.1, 0.15) is 0 Å². The first-order valence-electron chi connectivity index (χ1n) is 6.41. The molecule has 1 aliphatic carbocycles. The molecular formula is C15H20N2. The zero-order chi connectivity index (χ0) is 12.3. The van der Waals surface area contributed by atoms with Gasteiger partial charge in [0.15, 0.2) is 0 Å². The summed E-state index contributed by atoms with van der Waals surface area (Å²) in [6, 6.07) is 10.7. The predicted octanol–water partition coefficient (Wildman–Crippen LogP) is 3.08. The van der Waals surface area contributed by atoms with Crippen LogP contribution in [-0.4, -0.2) is 6.04 Å². The van der Waals surface area contributed by atoms with Crippen LogP contribution in [0.5, 0.6) is 0 Å². The molecule has 0 radical (unpaired) electrons. The molecule has 0 amide bonds. The average Bonchev–Trinajstić information content (AvgIpc) is 2.27. The summed E-state index contributed by atoms with van der Waals surface area (Å²) in [5.41, 5.74) is 1.95. The van der Waals surface area contributed by atoms with Crippen LogP contribution in [0.2, 0.25) is 0 Å². The third-order valence-corrected chi connectivity index (χ3v) is 3.77. The van der Waals surface area contributed by atoms with Crippen molar-refractivity contribution in [1.29, 1.82) is 5.26 Å². The normalized spacial score (nSPS) is 23.2. The first-order chi connectivity index (χ1) is 8.19. The smallest absolute Gasteiger partial charge is 0.0991 e. The van der Waals surface area contributed by atoms with Crippen molar-refractivity contribution in [2.45, 2.75) is 39.3 Å². The molecule has 2 nitrogen and oxygen atoms in total. The van der Waals surface area contributed by atoms with Crippen molar-refractivity contribution in [3.05, 3.63) is 35.4 Å². The second-order valence-corrected chi connectivity index (χ2v) is 5.37. The van der Waals surface area contributed by atoms with Crippen LogP contribution >= 0.6 is 0 Å². The SMILES string of the molecule is CC(C)C1CC(NCc2cccc(C#N)c2)C1. The fourth-order valence-electron chi connectivity index (χ4n) is 2.39. The number of nitrogens with zero attached hydrogens (tertiary/aromatic N) is 1. The summed E-state index contributed by atoms with van der Waals surface area (Å²) in [5, 5.41) is 12.4. The van der Waals surface area contributed by atoms with Gasteiger partial charge in [0.05, 0.1) is 11.6 Å². The van der Waals surface area contributed by atoms with Gasteiger partial charge in [-0.05, 0) is 42.4 Å². The Morgan fingerprint density at radius 1 is 1.41 bits per heavy atom. The third kappa shape index (κ3) is 3.08. The van der Waals surface area contributed by atoms with E-state index in [1.807, 2.05) is 18.2 Å². The van der Waals surface area contributed by atoms with Crippen LogP contribution in [0.4, 0.5) is 0 Å². The quantitative estimate of drug-likeness (QED) is 0.859. The van der Waals surface area contributed by atoms with Crippen LogP contribution in [0.15, 0.2) is 24.3 Å². The molecule has 0 aliphatic heterocycles. The van der Waals surface area contributed by atoms with E-state index in [1.165, 1.54) is 18.4 Å². The molecule has 1 aromatic rings. The van der Waals surface area contributed by atoms with Crippen molar-refractivity contribution in [2.24, 2.45) is 11.8 Å². The van der Waals surface area contributed by atoms with E-state index in [4.69, 9.17) is 5.26 Å². The van der Waals surface area contributed by atoms with Crippen molar-refractivity contribution in [3.63, 3.8) is 0 Å². The van der Waals surface area contributed by atoms with E-state index < -0.39 is 0 Å².